The van der Waals surface area contributed by atoms with E-state index in [1.54, 1.807) is 0 Å². The Bertz CT molecular complexity index is 1810. The van der Waals surface area contributed by atoms with E-state index in [0.717, 1.165) is 128 Å². The lowest BCUT2D eigenvalue weighted by molar-refractivity contribution is -0.870. The molecule has 0 aromatic rings. The number of carbonyl (C=O) groups is 2. The van der Waals surface area contributed by atoms with E-state index in [9.17, 15) is 19.0 Å². The van der Waals surface area contributed by atoms with Gasteiger partial charge in [0, 0.05) is 12.8 Å². The fourth-order valence-electron chi connectivity index (χ4n) is 9.62. The summed E-state index contributed by atoms with van der Waals surface area (Å²) in [5.41, 5.74) is 0. The first-order valence-electron chi connectivity index (χ1n) is 34.7. The highest BCUT2D eigenvalue weighted by Crippen LogP contribution is 2.43. The first kappa shape index (κ1) is 80.7. The van der Waals surface area contributed by atoms with Crippen LogP contribution in [0.25, 0.3) is 0 Å². The molecule has 0 bridgehead atoms. The van der Waals surface area contributed by atoms with Gasteiger partial charge >= 0.3 is 13.8 Å². The van der Waals surface area contributed by atoms with Crippen LogP contribution in [-0.2, 0) is 27.9 Å². The second kappa shape index (κ2) is 62.7. The summed E-state index contributed by atoms with van der Waals surface area (Å²) >= 11 is 0. The largest absolute Gasteiger partial charge is 0.472 e. The molecular weight excluding hydrogens is 1060 g/mol. The molecule has 0 radical (unpaired) electrons. The van der Waals surface area contributed by atoms with E-state index in [0.29, 0.717) is 17.4 Å². The van der Waals surface area contributed by atoms with E-state index in [4.69, 9.17) is 13.8 Å². The van der Waals surface area contributed by atoms with Gasteiger partial charge in [0.05, 0.1) is 33.8 Å². The quantitative estimate of drug-likeness (QED) is 0.0205. The summed E-state index contributed by atoms with van der Waals surface area (Å²) in [7, 11) is 1.48. The third-order valence-electron chi connectivity index (χ3n) is 14.9. The number of esters is 1. The molecule has 10 heteroatoms. The Hall–Kier alpha value is -3.33. The van der Waals surface area contributed by atoms with Crippen LogP contribution in [-0.4, -0.2) is 74.3 Å². The topological polar surface area (TPSA) is 111 Å². The number of hydrogen-bond acceptors (Lipinski definition) is 6. The predicted molar refractivity (Wildman–Crippen MR) is 364 cm³/mol. The fraction of sp³-hybridized carbons (Fsp3) is 0.730. The van der Waals surface area contributed by atoms with Crippen molar-refractivity contribution in [3.8, 4) is 0 Å². The van der Waals surface area contributed by atoms with E-state index in [-0.39, 0.29) is 31.5 Å². The molecule has 0 heterocycles. The van der Waals surface area contributed by atoms with Crippen LogP contribution in [0, 0.1) is 0 Å². The van der Waals surface area contributed by atoms with E-state index < -0.39 is 20.0 Å². The average molecular weight is 1190 g/mol. The molecule has 0 aliphatic rings. The van der Waals surface area contributed by atoms with Gasteiger partial charge in [-0.05, 0) is 115 Å². The number of quaternary nitrogens is 1. The summed E-state index contributed by atoms with van der Waals surface area (Å²) < 4.78 is 30.8. The molecule has 0 aromatic heterocycles. The molecule has 0 saturated heterocycles. The van der Waals surface area contributed by atoms with Crippen LogP contribution >= 0.6 is 7.82 Å². The van der Waals surface area contributed by atoms with Crippen LogP contribution in [0.3, 0.4) is 0 Å². The van der Waals surface area contributed by atoms with Crippen molar-refractivity contribution in [1.29, 1.82) is 0 Å². The van der Waals surface area contributed by atoms with Crippen LogP contribution < -0.4 is 5.32 Å². The molecule has 0 aliphatic carbocycles. The van der Waals surface area contributed by atoms with Crippen LogP contribution in [0.2, 0.25) is 0 Å². The summed E-state index contributed by atoms with van der Waals surface area (Å²) in [5, 5.41) is 3.06. The number of ether oxygens (including phenoxy) is 1. The van der Waals surface area contributed by atoms with Gasteiger partial charge in [-0.25, -0.2) is 4.57 Å². The summed E-state index contributed by atoms with van der Waals surface area (Å²) in [6.45, 7) is 6.87. The Balaban J connectivity index is 5.16. The minimum Gasteiger partial charge on any atom is -0.456 e. The number of phosphoric acid groups is 1. The highest BCUT2D eigenvalue weighted by atomic mass is 31.2. The van der Waals surface area contributed by atoms with Crippen molar-refractivity contribution in [2.45, 2.75) is 309 Å². The van der Waals surface area contributed by atoms with Crippen molar-refractivity contribution in [3.63, 3.8) is 0 Å². The Morgan fingerprint density at radius 3 is 1.17 bits per heavy atom. The molecule has 3 unspecified atom stereocenters. The monoisotopic (exact) mass is 1190 g/mol. The van der Waals surface area contributed by atoms with Gasteiger partial charge in [-0.3, -0.25) is 18.6 Å². The number of carbonyl (C=O) groups excluding carboxylic acids is 2. The first-order chi connectivity index (χ1) is 40.9. The van der Waals surface area contributed by atoms with E-state index in [2.05, 4.69) is 123 Å². The minimum absolute atomic E-state index is 0.0326. The molecule has 0 rings (SSSR count). The number of nitrogens with zero attached hydrogens (tertiary/aromatic N) is 1. The van der Waals surface area contributed by atoms with E-state index >= 15 is 0 Å². The lowest BCUT2D eigenvalue weighted by Gasteiger charge is -2.27. The molecule has 0 fully saturated rings. The van der Waals surface area contributed by atoms with Crippen molar-refractivity contribution >= 4 is 19.7 Å². The molecule has 3 atom stereocenters. The van der Waals surface area contributed by atoms with Gasteiger partial charge < -0.3 is 19.4 Å². The van der Waals surface area contributed by atoms with Crippen molar-refractivity contribution in [2.75, 3.05) is 40.9 Å². The summed E-state index contributed by atoms with van der Waals surface area (Å²) in [6, 6.07) is -0.863. The Labute approximate surface area is 519 Å². The highest BCUT2D eigenvalue weighted by Gasteiger charge is 2.30. The smallest absolute Gasteiger partial charge is 0.456 e. The zero-order valence-corrected chi connectivity index (χ0v) is 56.3. The van der Waals surface area contributed by atoms with Crippen molar-refractivity contribution in [2.24, 2.45) is 0 Å². The summed E-state index contributed by atoms with van der Waals surface area (Å²) in [6.07, 6.45) is 86.6. The first-order valence-corrected chi connectivity index (χ1v) is 36.2. The van der Waals surface area contributed by atoms with Crippen LogP contribution in [0.1, 0.15) is 297 Å². The van der Waals surface area contributed by atoms with Crippen LogP contribution in [0.4, 0.5) is 0 Å². The maximum absolute atomic E-state index is 13.6. The second-order valence-electron chi connectivity index (χ2n) is 24.3. The molecule has 484 valence electrons. The van der Waals surface area contributed by atoms with Gasteiger partial charge in [0.2, 0.25) is 5.91 Å². The van der Waals surface area contributed by atoms with Crippen molar-refractivity contribution in [3.05, 3.63) is 109 Å². The third-order valence-corrected chi connectivity index (χ3v) is 15.9. The van der Waals surface area contributed by atoms with Gasteiger partial charge in [0.15, 0.2) is 0 Å². The molecule has 84 heavy (non-hydrogen) atoms. The average Bonchev–Trinajstić information content (AvgIpc) is 3.64. The number of nitrogens with one attached hydrogen (secondary N) is 1. The Morgan fingerprint density at radius 1 is 0.429 bits per heavy atom. The van der Waals surface area contributed by atoms with Gasteiger partial charge in [-0.2, -0.15) is 0 Å². The van der Waals surface area contributed by atoms with Gasteiger partial charge in [0.1, 0.15) is 19.3 Å². The Kier molecular flexibility index (Phi) is 60.2. The maximum Gasteiger partial charge on any atom is 0.472 e. The lowest BCUT2D eigenvalue weighted by atomic mass is 10.0. The standard InChI is InChI=1S/C74H131N2O7P/c1-7-10-13-16-19-22-25-28-30-32-34-36-37-38-39-41-43-45-47-49-52-55-58-61-64-67-74(78)83-72(65-62-59-56-53-50-27-24-21-18-15-12-9-3)71(70-82-84(79,80)81-69-68-76(4,5)6)75-73(77)66-63-60-57-54-51-48-46-44-42-40-35-33-31-29-26-23-20-17-14-11-8-2/h10,13,19-20,22-23,28-31,34,36,38-39,43,45,62,65,71-72H,7-9,11-12,14-18,21,24-27,32-33,35,37,40-42,44,46-61,63-64,66-70H2,1-6H3,(H-,75,77,79,80)/p+1/b13-10-,22-19-,23-20-,30-28-,31-29-,36-34-,39-38-,45-43-,65-62+. The molecule has 0 aliphatic heterocycles. The maximum atomic E-state index is 13.6. The lowest BCUT2D eigenvalue weighted by Crippen LogP contribution is -2.47. The molecule has 2 N–H and O–H groups in total. The third kappa shape index (κ3) is 63.2. The minimum atomic E-state index is -4.46. The van der Waals surface area contributed by atoms with E-state index in [1.165, 1.54) is 135 Å². The zero-order valence-electron chi connectivity index (χ0n) is 55.4. The SMILES string of the molecule is CC/C=C\C/C=C\C/C=C\C/C=C\C/C=C\C/C=C\CCCCCCCCC(=O)OC(/C=C/CCCCCCCCCCCC)C(COP(=O)(O)OCC[N+](C)(C)C)NC(=O)CCCCCCCCCCCCC/C=C\C/C=C\CCCCC. The van der Waals surface area contributed by atoms with E-state index in [1.807, 2.05) is 33.3 Å². The van der Waals surface area contributed by atoms with Crippen molar-refractivity contribution < 1.29 is 37.3 Å². The highest BCUT2D eigenvalue weighted by molar-refractivity contribution is 7.47. The number of unbranched alkanes of at least 4 members (excludes halogenated alkanes) is 30. The summed E-state index contributed by atoms with van der Waals surface area (Å²) in [5.74, 6) is -0.524. The molecule has 0 spiro atoms. The summed E-state index contributed by atoms with van der Waals surface area (Å²) in [4.78, 5) is 37.9. The molecule has 9 nitrogen and oxygen atoms in total. The molecular formula is C74H132N2O7P+. The van der Waals surface area contributed by atoms with Crippen molar-refractivity contribution in [1.82, 2.24) is 5.32 Å². The predicted octanol–water partition coefficient (Wildman–Crippen LogP) is 22.1. The number of phosphoric ester groups is 1. The normalized spacial score (nSPS) is 14.2. The molecule has 0 saturated carbocycles. The number of likely N-dealkylation sites (N-methyl/N-ethyl adjacent to an activating group) is 1. The zero-order chi connectivity index (χ0) is 61.4. The number of amides is 1. The second-order valence-corrected chi connectivity index (χ2v) is 25.8. The van der Waals surface area contributed by atoms with Gasteiger partial charge in [-0.1, -0.05) is 278 Å². The van der Waals surface area contributed by atoms with Crippen LogP contribution in [0.5, 0.6) is 0 Å². The molecule has 1 amide bonds. The van der Waals surface area contributed by atoms with Crippen LogP contribution in [0.15, 0.2) is 109 Å². The molecule has 0 aromatic carbocycles. The fourth-order valence-corrected chi connectivity index (χ4v) is 10.4. The van der Waals surface area contributed by atoms with Gasteiger partial charge in [-0.15, -0.1) is 0 Å². The number of hydrogen-bond donors (Lipinski definition) is 2. The number of rotatable bonds is 62. The number of allylic oxidation sites excluding steroid dienone is 17. The van der Waals surface area contributed by atoms with Gasteiger partial charge in [0.25, 0.3) is 0 Å². The Morgan fingerprint density at radius 2 is 0.762 bits per heavy atom.